The van der Waals surface area contributed by atoms with Crippen molar-refractivity contribution < 1.29 is 18.8 Å². The fraction of sp³-hybridized carbons (Fsp3) is 0.267. The number of aromatic nitrogens is 2. The average molecular weight is 288 g/mol. The quantitative estimate of drug-likeness (QED) is 0.728. The Morgan fingerprint density at radius 1 is 1.43 bits per heavy atom. The second-order valence-electron chi connectivity index (χ2n) is 4.21. The molecule has 0 amide bonds. The van der Waals surface area contributed by atoms with Crippen molar-refractivity contribution in [3.05, 3.63) is 48.1 Å². The Labute approximate surface area is 122 Å². The highest BCUT2D eigenvalue weighted by molar-refractivity contribution is 5.69. The number of aryl methyl sites for hydroxylation is 1. The van der Waals surface area contributed by atoms with Gasteiger partial charge in [0, 0.05) is 12.0 Å². The van der Waals surface area contributed by atoms with Gasteiger partial charge in [-0.25, -0.2) is 0 Å². The van der Waals surface area contributed by atoms with Crippen molar-refractivity contribution >= 4 is 12.0 Å². The van der Waals surface area contributed by atoms with Crippen LogP contribution in [0.4, 0.5) is 0 Å². The first kappa shape index (κ1) is 14.8. The van der Waals surface area contributed by atoms with Gasteiger partial charge in [0.15, 0.2) is 6.61 Å². The lowest BCUT2D eigenvalue weighted by molar-refractivity contribution is -0.140. The zero-order chi connectivity index (χ0) is 15.1. The van der Waals surface area contributed by atoms with Gasteiger partial charge in [-0.1, -0.05) is 36.0 Å². The lowest BCUT2D eigenvalue weighted by atomic mass is 10.2. The molecule has 0 fully saturated rings. The molecule has 0 aliphatic heterocycles. The molecule has 6 heteroatoms. The summed E-state index contributed by atoms with van der Waals surface area (Å²) in [6.07, 6.45) is 2.27. The Balaban J connectivity index is 1.90. The van der Waals surface area contributed by atoms with E-state index in [4.69, 9.17) is 9.26 Å². The minimum Gasteiger partial charge on any atom is -0.485 e. The summed E-state index contributed by atoms with van der Waals surface area (Å²) in [4.78, 5) is 15.2. The van der Waals surface area contributed by atoms with Crippen molar-refractivity contribution in [3.63, 3.8) is 0 Å². The number of esters is 1. The molecule has 0 saturated carbocycles. The van der Waals surface area contributed by atoms with Crippen molar-refractivity contribution in [1.29, 1.82) is 0 Å². The van der Waals surface area contributed by atoms with E-state index in [-0.39, 0.29) is 19.0 Å². The van der Waals surface area contributed by atoms with Crippen molar-refractivity contribution in [1.82, 2.24) is 10.1 Å². The van der Waals surface area contributed by atoms with E-state index in [2.05, 4.69) is 21.5 Å². The van der Waals surface area contributed by atoms with E-state index in [9.17, 15) is 4.79 Å². The van der Waals surface area contributed by atoms with Gasteiger partial charge in [-0.3, -0.25) is 4.79 Å². The topological polar surface area (TPSA) is 74.5 Å². The zero-order valence-electron chi connectivity index (χ0n) is 11.7. The fourth-order valence-electron chi connectivity index (χ4n) is 1.68. The van der Waals surface area contributed by atoms with E-state index in [0.29, 0.717) is 23.9 Å². The predicted octanol–water partition coefficient (Wildman–Crippen LogP) is 2.40. The van der Waals surface area contributed by atoms with Crippen LogP contribution in [0.25, 0.3) is 6.08 Å². The molecule has 21 heavy (non-hydrogen) atoms. The molecule has 1 aromatic carbocycles. The fourth-order valence-corrected chi connectivity index (χ4v) is 1.68. The second-order valence-corrected chi connectivity index (χ2v) is 4.21. The van der Waals surface area contributed by atoms with Crippen LogP contribution < -0.4 is 4.74 Å². The lowest BCUT2D eigenvalue weighted by Crippen LogP contribution is -2.02. The highest BCUT2D eigenvalue weighted by Crippen LogP contribution is 2.19. The minimum absolute atomic E-state index is 0.187. The van der Waals surface area contributed by atoms with Crippen LogP contribution in [0.15, 0.2) is 35.4 Å². The van der Waals surface area contributed by atoms with E-state index in [1.807, 2.05) is 24.3 Å². The first-order chi connectivity index (χ1) is 10.2. The zero-order valence-corrected chi connectivity index (χ0v) is 11.7. The van der Waals surface area contributed by atoms with Crippen LogP contribution in [-0.2, 0) is 22.6 Å². The highest BCUT2D eigenvalue weighted by Gasteiger charge is 2.10. The number of ether oxygens (including phenoxy) is 2. The lowest BCUT2D eigenvalue weighted by Gasteiger charge is -2.06. The third-order valence-electron chi connectivity index (χ3n) is 2.78. The van der Waals surface area contributed by atoms with E-state index in [1.165, 1.54) is 7.11 Å². The number of benzene rings is 1. The molecule has 0 spiro atoms. The van der Waals surface area contributed by atoms with Gasteiger partial charge in [0.05, 0.1) is 13.5 Å². The van der Waals surface area contributed by atoms with Gasteiger partial charge >= 0.3 is 5.97 Å². The van der Waals surface area contributed by atoms with Crippen LogP contribution >= 0.6 is 0 Å². The molecule has 2 aromatic rings. The second kappa shape index (κ2) is 7.23. The smallest absolute Gasteiger partial charge is 0.306 e. The van der Waals surface area contributed by atoms with Crippen LogP contribution in [0.2, 0.25) is 0 Å². The SMILES string of the molecule is C=Cc1ccccc1OCc1noc(CCC(=O)OC)n1. The monoisotopic (exact) mass is 288 g/mol. The third-order valence-corrected chi connectivity index (χ3v) is 2.78. The van der Waals surface area contributed by atoms with Crippen molar-refractivity contribution in [2.75, 3.05) is 7.11 Å². The molecule has 6 nitrogen and oxygen atoms in total. The van der Waals surface area contributed by atoms with Crippen LogP contribution in [0.3, 0.4) is 0 Å². The summed E-state index contributed by atoms with van der Waals surface area (Å²) in [7, 11) is 1.34. The van der Waals surface area contributed by atoms with Crippen molar-refractivity contribution in [2.45, 2.75) is 19.4 Å². The molecule has 0 aliphatic carbocycles. The Morgan fingerprint density at radius 3 is 3.00 bits per heavy atom. The number of carbonyl (C=O) groups is 1. The van der Waals surface area contributed by atoms with Crippen LogP contribution in [0.1, 0.15) is 23.7 Å². The van der Waals surface area contributed by atoms with Gasteiger partial charge < -0.3 is 14.0 Å². The van der Waals surface area contributed by atoms with Gasteiger partial charge in [0.25, 0.3) is 0 Å². The van der Waals surface area contributed by atoms with Gasteiger partial charge in [-0.2, -0.15) is 4.98 Å². The summed E-state index contributed by atoms with van der Waals surface area (Å²) >= 11 is 0. The minimum atomic E-state index is -0.314. The number of rotatable bonds is 7. The molecule has 0 atom stereocenters. The van der Waals surface area contributed by atoms with Gasteiger partial charge in [-0.05, 0) is 6.07 Å². The van der Waals surface area contributed by atoms with Crippen molar-refractivity contribution in [2.24, 2.45) is 0 Å². The first-order valence-corrected chi connectivity index (χ1v) is 6.45. The van der Waals surface area contributed by atoms with E-state index in [1.54, 1.807) is 6.08 Å². The first-order valence-electron chi connectivity index (χ1n) is 6.45. The van der Waals surface area contributed by atoms with E-state index < -0.39 is 0 Å². The highest BCUT2D eigenvalue weighted by atomic mass is 16.5. The Bertz CT molecular complexity index is 622. The number of hydrogen-bond acceptors (Lipinski definition) is 6. The molecule has 2 rings (SSSR count). The average Bonchev–Trinajstić information content (AvgIpc) is 2.98. The summed E-state index contributed by atoms with van der Waals surface area (Å²) in [5.41, 5.74) is 0.895. The summed E-state index contributed by atoms with van der Waals surface area (Å²) in [5, 5.41) is 3.80. The molecule has 0 saturated heterocycles. The normalized spacial score (nSPS) is 10.1. The molecule has 0 aliphatic rings. The number of hydrogen-bond donors (Lipinski definition) is 0. The predicted molar refractivity (Wildman–Crippen MR) is 75.5 cm³/mol. The number of methoxy groups -OCH3 is 1. The molecular weight excluding hydrogens is 272 g/mol. The van der Waals surface area contributed by atoms with Gasteiger partial charge in [0.1, 0.15) is 5.75 Å². The molecule has 0 radical (unpaired) electrons. The Hall–Kier alpha value is -2.63. The maximum atomic E-state index is 11.0. The number of nitrogens with zero attached hydrogens (tertiary/aromatic N) is 2. The van der Waals surface area contributed by atoms with E-state index in [0.717, 1.165) is 5.56 Å². The maximum Gasteiger partial charge on any atom is 0.306 e. The standard InChI is InChI=1S/C15H16N2O4/c1-3-11-6-4-5-7-12(11)20-10-13-16-14(21-17-13)8-9-15(18)19-2/h3-7H,1,8-10H2,2H3. The molecule has 1 aromatic heterocycles. The third kappa shape index (κ3) is 4.17. The largest absolute Gasteiger partial charge is 0.485 e. The molecule has 1 heterocycles. The van der Waals surface area contributed by atoms with Crippen molar-refractivity contribution in [3.8, 4) is 5.75 Å². The summed E-state index contributed by atoms with van der Waals surface area (Å²) < 4.78 is 15.2. The van der Waals surface area contributed by atoms with Crippen LogP contribution in [0.5, 0.6) is 5.75 Å². The molecular formula is C15H16N2O4. The summed E-state index contributed by atoms with van der Waals surface area (Å²) in [6, 6.07) is 7.53. The maximum absolute atomic E-state index is 11.0. The van der Waals surface area contributed by atoms with E-state index >= 15 is 0 Å². The summed E-state index contributed by atoms with van der Waals surface area (Å²) in [5.74, 6) is 1.20. The van der Waals surface area contributed by atoms with Crippen LogP contribution in [-0.4, -0.2) is 23.2 Å². The number of para-hydroxylation sites is 1. The van der Waals surface area contributed by atoms with Gasteiger partial charge in [0.2, 0.25) is 11.7 Å². The van der Waals surface area contributed by atoms with Crippen LogP contribution in [0, 0.1) is 0 Å². The molecule has 0 bridgehead atoms. The Kier molecular flexibility index (Phi) is 5.09. The molecule has 0 N–H and O–H groups in total. The molecule has 110 valence electrons. The Morgan fingerprint density at radius 2 is 2.24 bits per heavy atom. The van der Waals surface area contributed by atoms with Gasteiger partial charge in [-0.15, -0.1) is 0 Å². The molecule has 0 unspecified atom stereocenters. The number of carbonyl (C=O) groups excluding carboxylic acids is 1. The summed E-state index contributed by atoms with van der Waals surface area (Å²) in [6.45, 7) is 3.91.